The summed E-state index contributed by atoms with van der Waals surface area (Å²) >= 11 is 7.65. The Labute approximate surface area is 99.5 Å². The minimum absolute atomic E-state index is 0.245. The van der Waals surface area contributed by atoms with Gasteiger partial charge in [-0.2, -0.15) is 0 Å². The minimum Gasteiger partial charge on any atom is -0.143 e. The van der Waals surface area contributed by atoms with Crippen molar-refractivity contribution in [1.29, 1.82) is 0 Å². The highest BCUT2D eigenvalue weighted by molar-refractivity contribution is 7.05. The Hall–Kier alpha value is -0.410. The maximum absolute atomic E-state index is 6.14. The van der Waals surface area contributed by atoms with Crippen molar-refractivity contribution in [1.82, 2.24) is 9.59 Å². The number of allylic oxidation sites excluding steroid dienone is 2. The van der Waals surface area contributed by atoms with Crippen molar-refractivity contribution < 1.29 is 0 Å². The number of hydrogen-bond acceptors (Lipinski definition) is 3. The van der Waals surface area contributed by atoms with E-state index >= 15 is 0 Å². The first kappa shape index (κ1) is 11.1. The van der Waals surface area contributed by atoms with E-state index in [2.05, 4.69) is 21.7 Å². The third-order valence-corrected chi connectivity index (χ3v) is 4.51. The van der Waals surface area contributed by atoms with E-state index in [9.17, 15) is 0 Å². The Morgan fingerprint density at radius 1 is 1.53 bits per heavy atom. The molecule has 0 saturated carbocycles. The molecule has 4 heteroatoms. The Kier molecular flexibility index (Phi) is 3.42. The van der Waals surface area contributed by atoms with Crippen molar-refractivity contribution in [3.8, 4) is 0 Å². The number of nitrogens with zero attached hydrogens (tertiary/aromatic N) is 2. The number of aromatic nitrogens is 2. The van der Waals surface area contributed by atoms with Crippen LogP contribution in [0.4, 0.5) is 0 Å². The molecule has 0 saturated heterocycles. The third-order valence-electron chi connectivity index (χ3n) is 3.12. The molecular weight excluding hydrogens is 228 g/mol. The van der Waals surface area contributed by atoms with Gasteiger partial charge in [-0.3, -0.25) is 0 Å². The third kappa shape index (κ3) is 2.40. The summed E-state index contributed by atoms with van der Waals surface area (Å²) in [6.07, 6.45) is 8.97. The molecule has 0 N–H and O–H groups in total. The predicted octanol–water partition coefficient (Wildman–Crippen LogP) is 3.35. The van der Waals surface area contributed by atoms with E-state index in [0.717, 1.165) is 30.8 Å². The molecule has 1 unspecified atom stereocenters. The molecule has 0 aromatic carbocycles. The minimum atomic E-state index is 0.245. The van der Waals surface area contributed by atoms with Gasteiger partial charge >= 0.3 is 0 Å². The maximum atomic E-state index is 6.14. The molecule has 1 aliphatic rings. The van der Waals surface area contributed by atoms with Crippen LogP contribution in [-0.4, -0.2) is 15.5 Å². The zero-order valence-corrected chi connectivity index (χ0v) is 10.4. The molecule has 1 aromatic heterocycles. The van der Waals surface area contributed by atoms with Crippen molar-refractivity contribution in [2.45, 2.75) is 32.6 Å². The number of halogens is 1. The van der Waals surface area contributed by atoms with Crippen LogP contribution in [0.25, 0.3) is 0 Å². The van der Waals surface area contributed by atoms with E-state index in [4.69, 9.17) is 11.6 Å². The fraction of sp³-hybridized carbons (Fsp3) is 0.636. The van der Waals surface area contributed by atoms with Gasteiger partial charge < -0.3 is 0 Å². The normalized spacial score (nSPS) is 25.7. The van der Waals surface area contributed by atoms with Crippen molar-refractivity contribution in [2.24, 2.45) is 5.41 Å². The molecule has 1 heterocycles. The molecule has 1 aromatic rings. The lowest BCUT2D eigenvalue weighted by atomic mass is 9.75. The monoisotopic (exact) mass is 242 g/mol. The van der Waals surface area contributed by atoms with Gasteiger partial charge in [0.05, 0.1) is 5.69 Å². The molecule has 1 aliphatic carbocycles. The van der Waals surface area contributed by atoms with Gasteiger partial charge in [0.25, 0.3) is 0 Å². The molecule has 0 fully saturated rings. The van der Waals surface area contributed by atoms with E-state index in [1.165, 1.54) is 22.8 Å². The van der Waals surface area contributed by atoms with Gasteiger partial charge in [0.2, 0.25) is 0 Å². The first-order valence-electron chi connectivity index (χ1n) is 5.25. The molecule has 2 rings (SSSR count). The van der Waals surface area contributed by atoms with Gasteiger partial charge in [0, 0.05) is 10.8 Å². The van der Waals surface area contributed by atoms with Crippen LogP contribution in [-0.2, 0) is 6.42 Å². The van der Waals surface area contributed by atoms with Crippen LogP contribution in [0.5, 0.6) is 0 Å². The van der Waals surface area contributed by atoms with E-state index in [1.54, 1.807) is 0 Å². The Balaban J connectivity index is 2.14. The number of rotatable bonds is 3. The molecule has 0 spiro atoms. The molecule has 2 nitrogen and oxygen atoms in total. The van der Waals surface area contributed by atoms with Gasteiger partial charge in [0.15, 0.2) is 0 Å². The predicted molar refractivity (Wildman–Crippen MR) is 64.5 cm³/mol. The summed E-state index contributed by atoms with van der Waals surface area (Å²) in [4.78, 5) is 1.30. The summed E-state index contributed by atoms with van der Waals surface area (Å²) in [5.41, 5.74) is 1.31. The number of hydrogen-bond donors (Lipinski definition) is 0. The summed E-state index contributed by atoms with van der Waals surface area (Å²) in [6.45, 7) is 2.03. The average molecular weight is 243 g/mol. The van der Waals surface area contributed by atoms with Crippen LogP contribution in [0.3, 0.4) is 0 Å². The second-order valence-corrected chi connectivity index (χ2v) is 5.41. The van der Waals surface area contributed by atoms with E-state index in [-0.39, 0.29) is 5.41 Å². The standard InChI is InChI=1S/C11H15ClN2S/c1-9-10(15-14-13-9)7-11(8-12)5-3-2-4-6-11/h2-3H,4-8H2,1H3. The molecule has 1 atom stereocenters. The van der Waals surface area contributed by atoms with Gasteiger partial charge in [-0.15, -0.1) is 16.7 Å². The lowest BCUT2D eigenvalue weighted by molar-refractivity contribution is 0.297. The second-order valence-electron chi connectivity index (χ2n) is 4.31. The number of alkyl halides is 1. The molecule has 0 aliphatic heterocycles. The highest BCUT2D eigenvalue weighted by atomic mass is 35.5. The average Bonchev–Trinajstić information content (AvgIpc) is 2.66. The topological polar surface area (TPSA) is 25.8 Å². The van der Waals surface area contributed by atoms with Crippen molar-refractivity contribution >= 4 is 23.1 Å². The first-order valence-corrected chi connectivity index (χ1v) is 6.55. The zero-order valence-electron chi connectivity index (χ0n) is 8.87. The maximum Gasteiger partial charge on any atom is 0.0756 e. The summed E-state index contributed by atoms with van der Waals surface area (Å²) < 4.78 is 3.98. The lowest BCUT2D eigenvalue weighted by Gasteiger charge is -2.32. The molecular formula is C11H15ClN2S. The molecule has 82 valence electrons. The van der Waals surface area contributed by atoms with Crippen molar-refractivity contribution in [3.63, 3.8) is 0 Å². The smallest absolute Gasteiger partial charge is 0.0756 e. The van der Waals surface area contributed by atoms with Crippen molar-refractivity contribution in [3.05, 3.63) is 22.7 Å². The zero-order chi connectivity index (χ0) is 10.7. The summed E-state index contributed by atoms with van der Waals surface area (Å²) in [7, 11) is 0. The lowest BCUT2D eigenvalue weighted by Crippen LogP contribution is -2.26. The largest absolute Gasteiger partial charge is 0.143 e. The van der Waals surface area contributed by atoms with E-state index < -0.39 is 0 Å². The Morgan fingerprint density at radius 3 is 2.93 bits per heavy atom. The highest BCUT2D eigenvalue weighted by Gasteiger charge is 2.30. The van der Waals surface area contributed by atoms with Crippen LogP contribution in [0.1, 0.15) is 29.8 Å². The van der Waals surface area contributed by atoms with E-state index in [1.807, 2.05) is 6.92 Å². The Morgan fingerprint density at radius 2 is 2.40 bits per heavy atom. The van der Waals surface area contributed by atoms with Gasteiger partial charge in [-0.25, -0.2) is 0 Å². The summed E-state index contributed by atoms with van der Waals surface area (Å²) in [6, 6.07) is 0. The highest BCUT2D eigenvalue weighted by Crippen LogP contribution is 2.38. The van der Waals surface area contributed by atoms with Gasteiger partial charge in [0.1, 0.15) is 0 Å². The summed E-state index contributed by atoms with van der Waals surface area (Å²) in [5, 5.41) is 4.05. The molecule has 0 amide bonds. The van der Waals surface area contributed by atoms with Crippen LogP contribution >= 0.6 is 23.1 Å². The van der Waals surface area contributed by atoms with E-state index in [0.29, 0.717) is 0 Å². The van der Waals surface area contributed by atoms with Crippen LogP contribution in [0, 0.1) is 12.3 Å². The Bertz CT molecular complexity index is 361. The number of aryl methyl sites for hydroxylation is 1. The SMILES string of the molecule is Cc1nnsc1CC1(CCl)CC=CCC1. The van der Waals surface area contributed by atoms with Crippen LogP contribution in [0.2, 0.25) is 0 Å². The molecule has 0 bridgehead atoms. The van der Waals surface area contributed by atoms with Gasteiger partial charge in [-0.05, 0) is 49.6 Å². The first-order chi connectivity index (χ1) is 7.26. The van der Waals surface area contributed by atoms with Gasteiger partial charge in [-0.1, -0.05) is 16.6 Å². The van der Waals surface area contributed by atoms with Crippen molar-refractivity contribution in [2.75, 3.05) is 5.88 Å². The fourth-order valence-electron chi connectivity index (χ4n) is 2.03. The summed E-state index contributed by atoms with van der Waals surface area (Å²) in [5.74, 6) is 0.731. The second kappa shape index (κ2) is 4.62. The molecule has 0 radical (unpaired) electrons. The fourth-order valence-corrected chi connectivity index (χ4v) is 3.17. The van der Waals surface area contributed by atoms with Crippen LogP contribution in [0.15, 0.2) is 12.2 Å². The molecule has 15 heavy (non-hydrogen) atoms. The van der Waals surface area contributed by atoms with Crippen LogP contribution < -0.4 is 0 Å². The quantitative estimate of drug-likeness (QED) is 0.600.